The number of hydrogen-bond donors (Lipinski definition) is 0. The van der Waals surface area contributed by atoms with E-state index < -0.39 is 6.67 Å². The van der Waals surface area contributed by atoms with Crippen molar-refractivity contribution in [2.24, 2.45) is 0 Å². The molecule has 1 aromatic rings. The van der Waals surface area contributed by atoms with Gasteiger partial charge in [0.25, 0.3) is 0 Å². The third-order valence-electron chi connectivity index (χ3n) is 1.11. The first kappa shape index (κ1) is 7.98. The molecule has 0 aromatic carbocycles. The predicted molar refractivity (Wildman–Crippen MR) is 39.1 cm³/mol. The van der Waals surface area contributed by atoms with Gasteiger partial charge >= 0.3 is 0 Å². The zero-order chi connectivity index (χ0) is 8.10. The summed E-state index contributed by atoms with van der Waals surface area (Å²) in [7, 11) is 0. The fourth-order valence-corrected chi connectivity index (χ4v) is 0.634. The average molecular weight is 153 g/mol. The SMILES string of the molecule is [CH]c1ccc(OCCF)cn1. The molecule has 2 radical (unpaired) electrons. The van der Waals surface area contributed by atoms with Gasteiger partial charge in [-0.1, -0.05) is 0 Å². The van der Waals surface area contributed by atoms with Crippen LogP contribution in [0.15, 0.2) is 18.3 Å². The number of aromatic nitrogens is 1. The van der Waals surface area contributed by atoms with Gasteiger partial charge < -0.3 is 4.74 Å². The van der Waals surface area contributed by atoms with E-state index in [1.54, 1.807) is 12.1 Å². The Morgan fingerprint density at radius 1 is 1.55 bits per heavy atom. The zero-order valence-electron chi connectivity index (χ0n) is 5.96. The molecule has 0 saturated carbocycles. The van der Waals surface area contributed by atoms with Crippen LogP contribution >= 0.6 is 0 Å². The van der Waals surface area contributed by atoms with E-state index in [1.807, 2.05) is 0 Å². The van der Waals surface area contributed by atoms with Crippen LogP contribution in [0.2, 0.25) is 0 Å². The Bertz CT molecular complexity index is 210. The van der Waals surface area contributed by atoms with E-state index in [0.717, 1.165) is 0 Å². The molecule has 3 heteroatoms. The van der Waals surface area contributed by atoms with Gasteiger partial charge in [-0.3, -0.25) is 4.98 Å². The highest BCUT2D eigenvalue weighted by Gasteiger charge is 1.91. The fourth-order valence-electron chi connectivity index (χ4n) is 0.634. The molecule has 0 saturated heterocycles. The molecule has 0 spiro atoms. The van der Waals surface area contributed by atoms with Crippen molar-refractivity contribution in [3.63, 3.8) is 0 Å². The lowest BCUT2D eigenvalue weighted by molar-refractivity contribution is 0.272. The Morgan fingerprint density at radius 3 is 2.91 bits per heavy atom. The van der Waals surface area contributed by atoms with Crippen LogP contribution in [0, 0.1) is 6.92 Å². The smallest absolute Gasteiger partial charge is 0.137 e. The van der Waals surface area contributed by atoms with Gasteiger partial charge in [0, 0.05) is 12.6 Å². The minimum Gasteiger partial charge on any atom is -0.489 e. The Balaban J connectivity index is 2.52. The Hall–Kier alpha value is -1.12. The van der Waals surface area contributed by atoms with E-state index in [0.29, 0.717) is 11.4 Å². The summed E-state index contributed by atoms with van der Waals surface area (Å²) in [6, 6.07) is 3.26. The second kappa shape index (κ2) is 3.91. The molecule has 0 aliphatic carbocycles. The number of halogens is 1. The summed E-state index contributed by atoms with van der Waals surface area (Å²) in [4.78, 5) is 3.76. The van der Waals surface area contributed by atoms with Crippen molar-refractivity contribution in [3.05, 3.63) is 30.9 Å². The molecule has 0 atom stereocenters. The summed E-state index contributed by atoms with van der Waals surface area (Å²) in [5.41, 5.74) is 0.428. The lowest BCUT2D eigenvalue weighted by Crippen LogP contribution is -1.98. The van der Waals surface area contributed by atoms with Crippen LogP contribution in [-0.4, -0.2) is 18.3 Å². The second-order valence-corrected chi connectivity index (χ2v) is 1.96. The van der Waals surface area contributed by atoms with Gasteiger partial charge in [0.15, 0.2) is 0 Å². The number of hydrogen-bond acceptors (Lipinski definition) is 2. The molecule has 0 aliphatic heterocycles. The molecule has 0 unspecified atom stereocenters. The quantitative estimate of drug-likeness (QED) is 0.656. The lowest BCUT2D eigenvalue weighted by Gasteiger charge is -2.01. The van der Waals surface area contributed by atoms with Crippen LogP contribution in [0.3, 0.4) is 0 Å². The first-order valence-electron chi connectivity index (χ1n) is 3.23. The van der Waals surface area contributed by atoms with E-state index in [4.69, 9.17) is 11.7 Å². The number of nitrogens with zero attached hydrogens (tertiary/aromatic N) is 1. The average Bonchev–Trinajstić information content (AvgIpc) is 2.04. The molecule has 1 heterocycles. The number of rotatable bonds is 3. The molecule has 0 fully saturated rings. The fraction of sp³-hybridized carbons (Fsp3) is 0.250. The molecule has 0 amide bonds. The lowest BCUT2D eigenvalue weighted by atomic mass is 10.4. The van der Waals surface area contributed by atoms with Gasteiger partial charge in [-0.05, 0) is 12.1 Å². The van der Waals surface area contributed by atoms with Crippen molar-refractivity contribution in [1.29, 1.82) is 0 Å². The molecule has 0 aliphatic rings. The zero-order valence-corrected chi connectivity index (χ0v) is 5.96. The molecule has 0 bridgehead atoms. The normalized spacial score (nSPS) is 9.64. The molecule has 11 heavy (non-hydrogen) atoms. The molecular weight excluding hydrogens is 145 g/mol. The largest absolute Gasteiger partial charge is 0.489 e. The highest BCUT2D eigenvalue weighted by atomic mass is 19.1. The summed E-state index contributed by atoms with van der Waals surface area (Å²) >= 11 is 0. The summed E-state index contributed by atoms with van der Waals surface area (Å²) in [6.07, 6.45) is 1.46. The van der Waals surface area contributed by atoms with Crippen molar-refractivity contribution in [3.8, 4) is 5.75 Å². The Morgan fingerprint density at radius 2 is 2.36 bits per heavy atom. The number of pyridine rings is 1. The van der Waals surface area contributed by atoms with Crippen LogP contribution in [0.25, 0.3) is 0 Å². The van der Waals surface area contributed by atoms with E-state index in [-0.39, 0.29) is 6.61 Å². The molecule has 1 aromatic heterocycles. The first-order valence-corrected chi connectivity index (χ1v) is 3.23. The molecule has 1 rings (SSSR count). The van der Waals surface area contributed by atoms with Gasteiger partial charge in [-0.2, -0.15) is 0 Å². The third kappa shape index (κ3) is 2.53. The van der Waals surface area contributed by atoms with Gasteiger partial charge in [-0.25, -0.2) is 4.39 Å². The molecule has 58 valence electrons. The molecule has 2 nitrogen and oxygen atoms in total. The first-order chi connectivity index (χ1) is 5.33. The predicted octanol–water partition coefficient (Wildman–Crippen LogP) is 1.49. The maximum atomic E-state index is 11.6. The van der Waals surface area contributed by atoms with Crippen LogP contribution < -0.4 is 4.74 Å². The van der Waals surface area contributed by atoms with Crippen LogP contribution in [0.4, 0.5) is 4.39 Å². The minimum atomic E-state index is -0.496. The number of ether oxygens (including phenoxy) is 1. The highest BCUT2D eigenvalue weighted by molar-refractivity contribution is 5.20. The minimum absolute atomic E-state index is 0.0611. The van der Waals surface area contributed by atoms with E-state index in [9.17, 15) is 4.39 Å². The van der Waals surface area contributed by atoms with E-state index in [2.05, 4.69) is 4.98 Å². The van der Waals surface area contributed by atoms with Crippen molar-refractivity contribution >= 4 is 0 Å². The summed E-state index contributed by atoms with van der Waals surface area (Å²) in [5, 5.41) is 0. The maximum Gasteiger partial charge on any atom is 0.137 e. The van der Waals surface area contributed by atoms with Gasteiger partial charge in [-0.15, -0.1) is 0 Å². The molecular formula is C8H8FNO. The standard InChI is InChI=1S/C8H8FNO/c1-7-2-3-8(6-10-7)11-5-4-9/h1-3,6H,4-5H2. The van der Waals surface area contributed by atoms with E-state index in [1.165, 1.54) is 6.20 Å². The number of alkyl halides is 1. The Labute approximate surface area is 65.0 Å². The van der Waals surface area contributed by atoms with Crippen LogP contribution in [0.1, 0.15) is 5.69 Å². The second-order valence-electron chi connectivity index (χ2n) is 1.96. The highest BCUT2D eigenvalue weighted by Crippen LogP contribution is 2.07. The van der Waals surface area contributed by atoms with E-state index >= 15 is 0 Å². The van der Waals surface area contributed by atoms with Crippen LogP contribution in [0.5, 0.6) is 5.75 Å². The van der Waals surface area contributed by atoms with Crippen molar-refractivity contribution in [1.82, 2.24) is 4.98 Å². The summed E-state index contributed by atoms with van der Waals surface area (Å²) in [5.74, 6) is 0.539. The van der Waals surface area contributed by atoms with Gasteiger partial charge in [0.1, 0.15) is 19.0 Å². The maximum absolute atomic E-state index is 11.6. The third-order valence-corrected chi connectivity index (χ3v) is 1.11. The molecule has 0 N–H and O–H groups in total. The van der Waals surface area contributed by atoms with Crippen molar-refractivity contribution in [2.75, 3.05) is 13.3 Å². The summed E-state index contributed by atoms with van der Waals surface area (Å²) in [6.45, 7) is 4.88. The van der Waals surface area contributed by atoms with Crippen LogP contribution in [-0.2, 0) is 0 Å². The van der Waals surface area contributed by atoms with Gasteiger partial charge in [0.05, 0.1) is 6.20 Å². The summed E-state index contributed by atoms with van der Waals surface area (Å²) < 4.78 is 16.5. The Kier molecular flexibility index (Phi) is 2.83. The van der Waals surface area contributed by atoms with Crippen molar-refractivity contribution in [2.45, 2.75) is 0 Å². The van der Waals surface area contributed by atoms with Gasteiger partial charge in [0.2, 0.25) is 0 Å². The van der Waals surface area contributed by atoms with Crippen molar-refractivity contribution < 1.29 is 9.13 Å². The topological polar surface area (TPSA) is 22.1 Å². The monoisotopic (exact) mass is 153 g/mol.